The summed E-state index contributed by atoms with van der Waals surface area (Å²) < 4.78 is 0. The lowest BCUT2D eigenvalue weighted by Gasteiger charge is -2.43. The Morgan fingerprint density at radius 2 is 1.36 bits per heavy atom. The molecule has 2 fully saturated rings. The van der Waals surface area contributed by atoms with Crippen LogP contribution in [-0.4, -0.2) is 54.4 Å². The Morgan fingerprint density at radius 1 is 0.960 bits per heavy atom. The van der Waals surface area contributed by atoms with Crippen LogP contribution in [0.3, 0.4) is 0 Å². The molecule has 2 rings (SSSR count). The first kappa shape index (κ1) is 24.5. The summed E-state index contributed by atoms with van der Waals surface area (Å²) in [6.45, 7) is 7.72. The van der Waals surface area contributed by atoms with Crippen LogP contribution in [0, 0.1) is 0 Å². The molecule has 6 heteroatoms. The van der Waals surface area contributed by atoms with Crippen LogP contribution in [0.5, 0.6) is 0 Å². The van der Waals surface area contributed by atoms with Crippen molar-refractivity contribution in [2.24, 2.45) is 0 Å². The average molecular weight is 378 g/mol. The van der Waals surface area contributed by atoms with Crippen molar-refractivity contribution < 1.29 is 32.3 Å². The fourth-order valence-electron chi connectivity index (χ4n) is 4.08. The summed E-state index contributed by atoms with van der Waals surface area (Å²) in [6, 6.07) is 0.503. The minimum atomic E-state index is -0.932. The number of quaternary nitrogens is 1. The standard InChI is InChI=1S/C13H23NO2.C6H15NO.ClH/c15-13(16)14(11-7-3-1-4-8-11)12-9-5-2-6-10-12;1-3-7(4-2)5-6-8;/h11-12H,1-10H2,(H,15,16);8H,3-6H2,1-2H3;1H/p-1. The van der Waals surface area contributed by atoms with Crippen LogP contribution >= 0.6 is 0 Å². The zero-order valence-electron chi connectivity index (χ0n) is 16.1. The zero-order chi connectivity index (χ0) is 17.8. The van der Waals surface area contributed by atoms with Gasteiger partial charge in [-0.3, -0.25) is 0 Å². The zero-order valence-corrected chi connectivity index (χ0v) is 16.9. The number of hydrogen-bond donors (Lipinski definition) is 2. The van der Waals surface area contributed by atoms with Gasteiger partial charge in [-0.05, 0) is 39.5 Å². The molecule has 2 saturated carbocycles. The number of nitrogens with zero attached hydrogens (tertiary/aromatic N) is 1. The molecule has 2 aliphatic rings. The first-order valence-electron chi connectivity index (χ1n) is 10.1. The van der Waals surface area contributed by atoms with Crippen LogP contribution in [-0.2, 0) is 0 Å². The second kappa shape index (κ2) is 14.6. The fourth-order valence-corrected chi connectivity index (χ4v) is 4.08. The molecule has 0 aromatic heterocycles. The molecule has 25 heavy (non-hydrogen) atoms. The van der Waals surface area contributed by atoms with Gasteiger partial charge >= 0.3 is 0 Å². The molecule has 0 radical (unpaired) electrons. The van der Waals surface area contributed by atoms with E-state index in [0.29, 0.717) is 6.61 Å². The minimum absolute atomic E-state index is 0. The maximum absolute atomic E-state index is 11.3. The highest BCUT2D eigenvalue weighted by Gasteiger charge is 2.28. The lowest BCUT2D eigenvalue weighted by Crippen LogP contribution is -3.11. The smallest absolute Gasteiger partial charge is 0.137 e. The summed E-state index contributed by atoms with van der Waals surface area (Å²) in [5, 5.41) is 19.8. The van der Waals surface area contributed by atoms with E-state index in [0.717, 1.165) is 45.3 Å². The quantitative estimate of drug-likeness (QED) is 0.574. The van der Waals surface area contributed by atoms with E-state index in [1.165, 1.54) is 43.4 Å². The van der Waals surface area contributed by atoms with Crippen molar-refractivity contribution in [1.82, 2.24) is 4.90 Å². The highest BCUT2D eigenvalue weighted by molar-refractivity contribution is 5.63. The number of aliphatic hydroxyl groups excluding tert-OH is 1. The van der Waals surface area contributed by atoms with E-state index in [9.17, 15) is 9.90 Å². The molecular formula is C19H38ClN2O3-. The summed E-state index contributed by atoms with van der Waals surface area (Å²) in [5.74, 6) is 0. The number of carbonyl (C=O) groups excluding carboxylic acids is 1. The van der Waals surface area contributed by atoms with Gasteiger partial charge in [-0.25, -0.2) is 0 Å². The van der Waals surface area contributed by atoms with Crippen molar-refractivity contribution in [3.63, 3.8) is 0 Å². The van der Waals surface area contributed by atoms with Gasteiger partial charge in [0, 0.05) is 12.1 Å². The van der Waals surface area contributed by atoms with Gasteiger partial charge < -0.3 is 37.2 Å². The van der Waals surface area contributed by atoms with Crippen LogP contribution in [0.1, 0.15) is 78.1 Å². The maximum atomic E-state index is 11.3. The van der Waals surface area contributed by atoms with E-state index < -0.39 is 6.09 Å². The van der Waals surface area contributed by atoms with Gasteiger partial charge in [0.05, 0.1) is 19.7 Å². The summed E-state index contributed by atoms with van der Waals surface area (Å²) in [5.41, 5.74) is 0. The van der Waals surface area contributed by atoms with Crippen LogP contribution in [0.2, 0.25) is 0 Å². The normalized spacial score (nSPS) is 18.9. The molecule has 0 aliphatic heterocycles. The molecule has 150 valence electrons. The lowest BCUT2D eigenvalue weighted by atomic mass is 9.89. The van der Waals surface area contributed by atoms with Gasteiger partial charge in [-0.2, -0.15) is 0 Å². The third-order valence-electron chi connectivity index (χ3n) is 5.61. The topological polar surface area (TPSA) is 68.0 Å². The molecule has 0 saturated heterocycles. The first-order valence-corrected chi connectivity index (χ1v) is 10.1. The van der Waals surface area contributed by atoms with Crippen molar-refractivity contribution in [3.05, 3.63) is 0 Å². The second-order valence-electron chi connectivity index (χ2n) is 7.19. The number of hydrogen-bond acceptors (Lipinski definition) is 3. The lowest BCUT2D eigenvalue weighted by molar-refractivity contribution is -0.896. The van der Waals surface area contributed by atoms with Gasteiger partial charge in [0.15, 0.2) is 0 Å². The number of halogens is 1. The van der Waals surface area contributed by atoms with Gasteiger partial charge in [-0.15, -0.1) is 0 Å². The number of rotatable bonds is 6. The van der Waals surface area contributed by atoms with E-state index in [-0.39, 0.29) is 24.5 Å². The summed E-state index contributed by atoms with van der Waals surface area (Å²) in [4.78, 5) is 14.5. The monoisotopic (exact) mass is 377 g/mol. The maximum Gasteiger partial charge on any atom is 0.137 e. The third-order valence-corrected chi connectivity index (χ3v) is 5.61. The second-order valence-corrected chi connectivity index (χ2v) is 7.19. The number of nitrogens with one attached hydrogen (secondary N) is 1. The Morgan fingerprint density at radius 3 is 1.60 bits per heavy atom. The highest BCUT2D eigenvalue weighted by atomic mass is 35.5. The van der Waals surface area contributed by atoms with Crippen molar-refractivity contribution in [1.29, 1.82) is 0 Å². The molecule has 1 amide bonds. The molecule has 0 unspecified atom stereocenters. The Kier molecular flexibility index (Phi) is 14.3. The van der Waals surface area contributed by atoms with Crippen molar-refractivity contribution in [3.8, 4) is 0 Å². The molecule has 0 spiro atoms. The number of likely N-dealkylation sites (N-methyl/N-ethyl adjacent to an activating group) is 1. The van der Waals surface area contributed by atoms with Gasteiger partial charge in [-0.1, -0.05) is 38.5 Å². The minimum Gasteiger partial charge on any atom is -1.00 e. The highest BCUT2D eigenvalue weighted by Crippen LogP contribution is 2.29. The van der Waals surface area contributed by atoms with Gasteiger partial charge in [0.1, 0.15) is 12.6 Å². The molecule has 0 aromatic rings. The number of carboxylic acid groups (broad SMARTS) is 1. The first-order chi connectivity index (χ1) is 11.6. The van der Waals surface area contributed by atoms with Gasteiger partial charge in [0.25, 0.3) is 0 Å². The molecule has 2 N–H and O–H groups in total. The molecule has 5 nitrogen and oxygen atoms in total. The summed E-state index contributed by atoms with van der Waals surface area (Å²) in [6.07, 6.45) is 10.5. The average Bonchev–Trinajstić information content (AvgIpc) is 2.62. The molecule has 0 bridgehead atoms. The van der Waals surface area contributed by atoms with E-state index in [2.05, 4.69) is 13.8 Å². The Balaban J connectivity index is 0.000000552. The van der Waals surface area contributed by atoms with E-state index >= 15 is 0 Å². The third kappa shape index (κ3) is 9.11. The fraction of sp³-hybridized carbons (Fsp3) is 0.947. The van der Waals surface area contributed by atoms with E-state index in [4.69, 9.17) is 5.11 Å². The van der Waals surface area contributed by atoms with Crippen molar-refractivity contribution >= 4 is 6.09 Å². The number of amides is 1. The van der Waals surface area contributed by atoms with E-state index in [1.807, 2.05) is 0 Å². The molecule has 0 atom stereocenters. The predicted octanol–water partition coefficient (Wildman–Crippen LogP) is -1.80. The Labute approximate surface area is 160 Å². The van der Waals surface area contributed by atoms with Crippen molar-refractivity contribution in [2.45, 2.75) is 90.1 Å². The van der Waals surface area contributed by atoms with Crippen LogP contribution in [0.25, 0.3) is 0 Å². The van der Waals surface area contributed by atoms with Crippen molar-refractivity contribution in [2.75, 3.05) is 26.2 Å². The Bertz CT molecular complexity index is 311. The molecule has 0 heterocycles. The van der Waals surface area contributed by atoms with Gasteiger partial charge in [0.2, 0.25) is 0 Å². The summed E-state index contributed by atoms with van der Waals surface area (Å²) >= 11 is 0. The largest absolute Gasteiger partial charge is 1.00 e. The SMILES string of the molecule is CC[NH+](CC)CCO.O=C([O-])N(C1CCCCC1)C1CCCCC1.[Cl-]. The summed E-state index contributed by atoms with van der Waals surface area (Å²) in [7, 11) is 0. The Hall–Kier alpha value is -0.520. The van der Waals surface area contributed by atoms with Crippen LogP contribution in [0.4, 0.5) is 4.79 Å². The van der Waals surface area contributed by atoms with Crippen LogP contribution < -0.4 is 22.4 Å². The molecular weight excluding hydrogens is 340 g/mol. The number of carbonyl (C=O) groups is 1. The molecule has 0 aromatic carbocycles. The van der Waals surface area contributed by atoms with E-state index in [1.54, 1.807) is 4.90 Å². The molecule has 2 aliphatic carbocycles. The predicted molar refractivity (Wildman–Crippen MR) is 95.0 cm³/mol. The number of aliphatic hydroxyl groups is 1. The van der Waals surface area contributed by atoms with Crippen LogP contribution in [0.15, 0.2) is 0 Å².